The molecule has 2 rings (SSSR count). The van der Waals surface area contributed by atoms with Gasteiger partial charge in [-0.05, 0) is 25.1 Å². The molecule has 2 aromatic rings. The van der Waals surface area contributed by atoms with Gasteiger partial charge >= 0.3 is 0 Å². The molecule has 0 unspecified atom stereocenters. The van der Waals surface area contributed by atoms with E-state index in [4.69, 9.17) is 5.73 Å². The Hall–Kier alpha value is -1.26. The second kappa shape index (κ2) is 5.00. The van der Waals surface area contributed by atoms with Crippen molar-refractivity contribution < 1.29 is 0 Å². The average Bonchev–Trinajstić information content (AvgIpc) is 2.76. The van der Waals surface area contributed by atoms with Gasteiger partial charge in [-0.2, -0.15) is 0 Å². The van der Waals surface area contributed by atoms with Gasteiger partial charge < -0.3 is 5.73 Å². The van der Waals surface area contributed by atoms with Crippen LogP contribution < -0.4 is 5.73 Å². The number of hydrogen-bond donors (Lipinski definition) is 1. The number of nitrogens with zero attached hydrogens (tertiary/aromatic N) is 2. The zero-order valence-corrected chi connectivity index (χ0v) is 9.20. The standard InChI is InChI=1S/C11H13N3S/c12-5-1-4-11-14-10(8-15-11)9-3-2-6-13-7-9/h2-3,6-8H,1,4-5,12H2. The zero-order chi connectivity index (χ0) is 10.5. The van der Waals surface area contributed by atoms with Gasteiger partial charge in [-0.1, -0.05) is 0 Å². The first kappa shape index (κ1) is 10.3. The van der Waals surface area contributed by atoms with E-state index in [1.807, 2.05) is 18.3 Å². The van der Waals surface area contributed by atoms with Crippen LogP contribution in [0.3, 0.4) is 0 Å². The first-order valence-electron chi connectivity index (χ1n) is 4.95. The van der Waals surface area contributed by atoms with E-state index in [0.717, 1.165) is 35.7 Å². The van der Waals surface area contributed by atoms with Gasteiger partial charge in [-0.15, -0.1) is 11.3 Å². The minimum atomic E-state index is 0.724. The van der Waals surface area contributed by atoms with E-state index in [0.29, 0.717) is 0 Å². The number of aryl methyl sites for hydroxylation is 1. The summed E-state index contributed by atoms with van der Waals surface area (Å²) in [6, 6.07) is 3.95. The lowest BCUT2D eigenvalue weighted by molar-refractivity contribution is 0.826. The molecule has 0 fully saturated rings. The van der Waals surface area contributed by atoms with Crippen LogP contribution in [0.1, 0.15) is 11.4 Å². The molecule has 0 radical (unpaired) electrons. The van der Waals surface area contributed by atoms with E-state index in [-0.39, 0.29) is 0 Å². The highest BCUT2D eigenvalue weighted by atomic mass is 32.1. The number of thiazole rings is 1. The number of aromatic nitrogens is 2. The Kier molecular flexibility index (Phi) is 3.42. The van der Waals surface area contributed by atoms with E-state index in [1.54, 1.807) is 17.5 Å². The third-order valence-electron chi connectivity index (χ3n) is 2.10. The van der Waals surface area contributed by atoms with E-state index in [9.17, 15) is 0 Å². The van der Waals surface area contributed by atoms with Crippen molar-refractivity contribution in [2.24, 2.45) is 5.73 Å². The molecule has 0 spiro atoms. The first-order valence-corrected chi connectivity index (χ1v) is 5.83. The van der Waals surface area contributed by atoms with E-state index < -0.39 is 0 Å². The maximum atomic E-state index is 5.46. The third-order valence-corrected chi connectivity index (χ3v) is 3.01. The molecule has 3 nitrogen and oxygen atoms in total. The largest absolute Gasteiger partial charge is 0.330 e. The molecule has 0 aliphatic carbocycles. The minimum Gasteiger partial charge on any atom is -0.330 e. The van der Waals surface area contributed by atoms with Gasteiger partial charge in [0.1, 0.15) is 0 Å². The molecule has 0 amide bonds. The number of pyridine rings is 1. The van der Waals surface area contributed by atoms with Crippen molar-refractivity contribution in [3.05, 3.63) is 34.9 Å². The fraction of sp³-hybridized carbons (Fsp3) is 0.273. The molecule has 0 atom stereocenters. The molecule has 4 heteroatoms. The van der Waals surface area contributed by atoms with Crippen LogP contribution in [0.2, 0.25) is 0 Å². The number of nitrogens with two attached hydrogens (primary N) is 1. The maximum absolute atomic E-state index is 5.46. The summed E-state index contributed by atoms with van der Waals surface area (Å²) in [5.74, 6) is 0. The summed E-state index contributed by atoms with van der Waals surface area (Å²) >= 11 is 1.69. The van der Waals surface area contributed by atoms with Crippen LogP contribution in [0.4, 0.5) is 0 Å². The molecular weight excluding hydrogens is 206 g/mol. The molecule has 15 heavy (non-hydrogen) atoms. The molecule has 78 valence electrons. The van der Waals surface area contributed by atoms with E-state index >= 15 is 0 Å². The predicted molar refractivity (Wildman–Crippen MR) is 62.7 cm³/mol. The van der Waals surface area contributed by atoms with Gasteiger partial charge in [-0.3, -0.25) is 4.98 Å². The lowest BCUT2D eigenvalue weighted by Gasteiger charge is -1.94. The average molecular weight is 219 g/mol. The third kappa shape index (κ3) is 2.61. The molecule has 0 aliphatic rings. The quantitative estimate of drug-likeness (QED) is 0.856. The molecule has 2 heterocycles. The Bertz CT molecular complexity index is 411. The van der Waals surface area contributed by atoms with Gasteiger partial charge in [0, 0.05) is 29.8 Å². The summed E-state index contributed by atoms with van der Waals surface area (Å²) in [4.78, 5) is 8.62. The monoisotopic (exact) mass is 219 g/mol. The summed E-state index contributed by atoms with van der Waals surface area (Å²) in [5.41, 5.74) is 7.55. The van der Waals surface area contributed by atoms with Crippen molar-refractivity contribution in [3.8, 4) is 11.3 Å². The van der Waals surface area contributed by atoms with Crippen molar-refractivity contribution in [2.45, 2.75) is 12.8 Å². The Balaban J connectivity index is 2.14. The summed E-state index contributed by atoms with van der Waals surface area (Å²) in [5, 5.41) is 3.22. The number of rotatable bonds is 4. The topological polar surface area (TPSA) is 51.8 Å². The van der Waals surface area contributed by atoms with Gasteiger partial charge in [-0.25, -0.2) is 4.98 Å². The fourth-order valence-electron chi connectivity index (χ4n) is 1.33. The van der Waals surface area contributed by atoms with Crippen molar-refractivity contribution in [2.75, 3.05) is 6.54 Å². The van der Waals surface area contributed by atoms with E-state index in [1.165, 1.54) is 0 Å². The van der Waals surface area contributed by atoms with Crippen LogP contribution in [0.5, 0.6) is 0 Å². The molecule has 0 saturated heterocycles. The molecule has 2 aromatic heterocycles. The van der Waals surface area contributed by atoms with Gasteiger partial charge in [0.25, 0.3) is 0 Å². The zero-order valence-electron chi connectivity index (χ0n) is 8.39. The van der Waals surface area contributed by atoms with Crippen molar-refractivity contribution >= 4 is 11.3 Å². The Morgan fingerprint density at radius 1 is 1.40 bits per heavy atom. The van der Waals surface area contributed by atoms with Crippen LogP contribution >= 0.6 is 11.3 Å². The van der Waals surface area contributed by atoms with Crippen LogP contribution in [-0.2, 0) is 6.42 Å². The van der Waals surface area contributed by atoms with Crippen LogP contribution in [0.25, 0.3) is 11.3 Å². The summed E-state index contributed by atoms with van der Waals surface area (Å²) in [7, 11) is 0. The summed E-state index contributed by atoms with van der Waals surface area (Å²) < 4.78 is 0. The minimum absolute atomic E-state index is 0.724. The van der Waals surface area contributed by atoms with E-state index in [2.05, 4.69) is 15.3 Å². The second-order valence-electron chi connectivity index (χ2n) is 3.26. The van der Waals surface area contributed by atoms with Crippen molar-refractivity contribution in [3.63, 3.8) is 0 Å². The van der Waals surface area contributed by atoms with Crippen molar-refractivity contribution in [1.29, 1.82) is 0 Å². The second-order valence-corrected chi connectivity index (χ2v) is 4.20. The van der Waals surface area contributed by atoms with Gasteiger partial charge in [0.15, 0.2) is 0 Å². The highest BCUT2D eigenvalue weighted by Crippen LogP contribution is 2.21. The molecule has 0 aromatic carbocycles. The lowest BCUT2D eigenvalue weighted by atomic mass is 10.2. The normalized spacial score (nSPS) is 10.5. The SMILES string of the molecule is NCCCc1nc(-c2cccnc2)cs1. The Morgan fingerprint density at radius 3 is 3.07 bits per heavy atom. The Morgan fingerprint density at radius 2 is 2.33 bits per heavy atom. The highest BCUT2D eigenvalue weighted by Gasteiger charge is 2.03. The van der Waals surface area contributed by atoms with Crippen molar-refractivity contribution in [1.82, 2.24) is 9.97 Å². The van der Waals surface area contributed by atoms with Gasteiger partial charge in [0.2, 0.25) is 0 Å². The predicted octanol–water partition coefficient (Wildman–Crippen LogP) is 2.10. The van der Waals surface area contributed by atoms with Crippen LogP contribution in [0.15, 0.2) is 29.9 Å². The molecule has 0 bridgehead atoms. The smallest absolute Gasteiger partial charge is 0.0933 e. The fourth-order valence-corrected chi connectivity index (χ4v) is 2.18. The molecule has 2 N–H and O–H groups in total. The summed E-state index contributed by atoms with van der Waals surface area (Å²) in [6.45, 7) is 0.724. The number of hydrogen-bond acceptors (Lipinski definition) is 4. The van der Waals surface area contributed by atoms with Crippen LogP contribution in [-0.4, -0.2) is 16.5 Å². The molecular formula is C11H13N3S. The van der Waals surface area contributed by atoms with Crippen LogP contribution in [0, 0.1) is 0 Å². The molecule has 0 aliphatic heterocycles. The lowest BCUT2D eigenvalue weighted by Crippen LogP contribution is -1.99. The molecule has 0 saturated carbocycles. The first-order chi connectivity index (χ1) is 7.40. The summed E-state index contributed by atoms with van der Waals surface area (Å²) in [6.07, 6.45) is 5.58. The van der Waals surface area contributed by atoms with Gasteiger partial charge in [0.05, 0.1) is 10.7 Å². The Labute approximate surface area is 93.0 Å². The highest BCUT2D eigenvalue weighted by molar-refractivity contribution is 7.09. The maximum Gasteiger partial charge on any atom is 0.0933 e.